The Hall–Kier alpha value is -1.07. The second-order valence-electron chi connectivity index (χ2n) is 3.14. The molecule has 0 unspecified atom stereocenters. The van der Waals surface area contributed by atoms with Crippen LogP contribution in [-0.2, 0) is 13.8 Å². The van der Waals surface area contributed by atoms with Crippen molar-refractivity contribution in [3.05, 3.63) is 24.3 Å². The third-order valence-electron chi connectivity index (χ3n) is 1.77. The Morgan fingerprint density at radius 3 is 2.69 bits per heavy atom. The molecule has 0 aliphatic carbocycles. The number of hydrogen-bond acceptors (Lipinski definition) is 4. The molecule has 1 aromatic carbocycles. The molecule has 0 aliphatic heterocycles. The highest BCUT2D eigenvalue weighted by atomic mass is 35.7. The molecule has 0 amide bonds. The summed E-state index contributed by atoms with van der Waals surface area (Å²) < 4.78 is 27.0. The minimum Gasteiger partial charge on any atom is -0.426 e. The van der Waals surface area contributed by atoms with Crippen LogP contribution in [0.5, 0.6) is 5.75 Å². The van der Waals surface area contributed by atoms with E-state index >= 15 is 0 Å². The van der Waals surface area contributed by atoms with Crippen molar-refractivity contribution >= 4 is 25.7 Å². The van der Waals surface area contributed by atoms with E-state index in [1.54, 1.807) is 0 Å². The number of esters is 1. The van der Waals surface area contributed by atoms with Crippen molar-refractivity contribution < 1.29 is 17.9 Å². The summed E-state index contributed by atoms with van der Waals surface area (Å²) in [6.07, 6.45) is 0.962. The third-order valence-corrected chi connectivity index (χ3v) is 3.12. The molecule has 6 heteroatoms. The first-order valence-corrected chi connectivity index (χ1v) is 7.00. The number of hydrogen-bond donors (Lipinski definition) is 0. The molecule has 0 N–H and O–H groups in total. The van der Waals surface area contributed by atoms with Gasteiger partial charge in [-0.3, -0.25) is 4.79 Å². The minimum absolute atomic E-state index is 0.0871. The van der Waals surface area contributed by atoms with Crippen LogP contribution in [0, 0.1) is 0 Å². The Morgan fingerprint density at radius 1 is 1.44 bits per heavy atom. The Kier molecular flexibility index (Phi) is 4.32. The maximum absolute atomic E-state index is 11.2. The van der Waals surface area contributed by atoms with Crippen molar-refractivity contribution in [2.75, 3.05) is 0 Å². The lowest BCUT2D eigenvalue weighted by Crippen LogP contribution is -2.07. The molecule has 4 nitrogen and oxygen atoms in total. The third kappa shape index (κ3) is 3.83. The summed E-state index contributed by atoms with van der Waals surface area (Å²) in [6.45, 7) is 1.85. The summed E-state index contributed by atoms with van der Waals surface area (Å²) >= 11 is 0. The molecule has 1 aromatic rings. The van der Waals surface area contributed by atoms with Gasteiger partial charge in [0.2, 0.25) is 0 Å². The van der Waals surface area contributed by atoms with Crippen molar-refractivity contribution in [2.24, 2.45) is 0 Å². The van der Waals surface area contributed by atoms with Gasteiger partial charge in [-0.25, -0.2) is 8.42 Å². The van der Waals surface area contributed by atoms with E-state index in [0.29, 0.717) is 6.42 Å². The van der Waals surface area contributed by atoms with Crippen LogP contribution in [0.4, 0.5) is 0 Å². The van der Waals surface area contributed by atoms with Crippen molar-refractivity contribution in [3.8, 4) is 5.75 Å². The van der Waals surface area contributed by atoms with E-state index in [0.717, 1.165) is 0 Å². The largest absolute Gasteiger partial charge is 0.426 e. The maximum atomic E-state index is 11.2. The van der Waals surface area contributed by atoms with E-state index in [1.807, 2.05) is 6.92 Å². The summed E-state index contributed by atoms with van der Waals surface area (Å²) in [7, 11) is 1.37. The molecule has 16 heavy (non-hydrogen) atoms. The van der Waals surface area contributed by atoms with Crippen LogP contribution in [0.3, 0.4) is 0 Å². The van der Waals surface area contributed by atoms with E-state index in [9.17, 15) is 13.2 Å². The Morgan fingerprint density at radius 2 is 2.12 bits per heavy atom. The van der Waals surface area contributed by atoms with Gasteiger partial charge in [0.15, 0.2) is 0 Å². The summed E-state index contributed by atoms with van der Waals surface area (Å²) in [5.74, 6) is -0.216. The molecule has 0 aliphatic rings. The summed E-state index contributed by atoms with van der Waals surface area (Å²) in [6, 6.07) is 5.51. The average Bonchev–Trinajstić information content (AvgIpc) is 2.17. The van der Waals surface area contributed by atoms with Crippen LogP contribution in [0.2, 0.25) is 0 Å². The number of benzene rings is 1. The second-order valence-corrected chi connectivity index (χ2v) is 5.70. The first-order valence-electron chi connectivity index (χ1n) is 4.69. The smallest absolute Gasteiger partial charge is 0.311 e. The van der Waals surface area contributed by atoms with Crippen LogP contribution in [-0.4, -0.2) is 14.4 Å². The highest BCUT2D eigenvalue weighted by Gasteiger charge is 2.11. The van der Waals surface area contributed by atoms with Gasteiger partial charge in [0.1, 0.15) is 5.75 Å². The molecule has 0 saturated heterocycles. The quantitative estimate of drug-likeness (QED) is 0.475. The monoisotopic (exact) mass is 262 g/mol. The number of halogens is 1. The normalized spacial score (nSPS) is 11.1. The van der Waals surface area contributed by atoms with Gasteiger partial charge < -0.3 is 4.74 Å². The zero-order chi connectivity index (χ0) is 12.2. The Bertz CT molecular complexity index is 481. The average molecular weight is 263 g/mol. The van der Waals surface area contributed by atoms with E-state index in [4.69, 9.17) is 15.4 Å². The van der Waals surface area contributed by atoms with E-state index < -0.39 is 15.0 Å². The number of ether oxygens (including phenoxy) is 1. The minimum atomic E-state index is -3.79. The Balaban J connectivity index is 2.88. The van der Waals surface area contributed by atoms with Gasteiger partial charge in [0.25, 0.3) is 9.05 Å². The summed E-state index contributed by atoms with van der Waals surface area (Å²) in [4.78, 5) is 11.1. The molecule has 88 valence electrons. The van der Waals surface area contributed by atoms with Gasteiger partial charge in [-0.15, -0.1) is 0 Å². The van der Waals surface area contributed by atoms with Crippen molar-refractivity contribution in [1.29, 1.82) is 0 Å². The number of rotatable bonds is 4. The first kappa shape index (κ1) is 13.0. The predicted octanol–water partition coefficient (Wildman–Crippen LogP) is 2.32. The molecule has 0 fully saturated rings. The van der Waals surface area contributed by atoms with Crippen LogP contribution >= 0.6 is 10.7 Å². The van der Waals surface area contributed by atoms with Gasteiger partial charge in [0, 0.05) is 23.2 Å². The van der Waals surface area contributed by atoms with E-state index in [1.165, 1.54) is 24.3 Å². The lowest BCUT2D eigenvalue weighted by atomic mass is 10.3. The zero-order valence-corrected chi connectivity index (χ0v) is 10.2. The molecule has 0 radical (unpaired) electrons. The fraction of sp³-hybridized carbons (Fsp3) is 0.300. The van der Waals surface area contributed by atoms with Crippen molar-refractivity contribution in [2.45, 2.75) is 24.7 Å². The molecular formula is C10H11ClO4S. The molecule has 0 spiro atoms. The molecule has 1 rings (SSSR count). The van der Waals surface area contributed by atoms with Crippen molar-refractivity contribution in [1.82, 2.24) is 0 Å². The SMILES string of the molecule is CCCC(=O)Oc1cccc(S(=O)(=O)Cl)c1. The number of carbonyl (C=O) groups excluding carboxylic acids is 1. The zero-order valence-electron chi connectivity index (χ0n) is 8.64. The molecule has 0 bridgehead atoms. The topological polar surface area (TPSA) is 60.4 Å². The fourth-order valence-corrected chi connectivity index (χ4v) is 1.86. The van der Waals surface area contributed by atoms with Crippen LogP contribution in [0.15, 0.2) is 29.2 Å². The predicted molar refractivity (Wildman–Crippen MR) is 60.0 cm³/mol. The molecule has 0 heterocycles. The lowest BCUT2D eigenvalue weighted by molar-refractivity contribution is -0.134. The number of carbonyl (C=O) groups is 1. The van der Waals surface area contributed by atoms with Gasteiger partial charge in [0.05, 0.1) is 4.90 Å². The molecule has 0 saturated carbocycles. The van der Waals surface area contributed by atoms with Crippen LogP contribution in [0.1, 0.15) is 19.8 Å². The van der Waals surface area contributed by atoms with E-state index in [-0.39, 0.29) is 17.1 Å². The summed E-state index contributed by atoms with van der Waals surface area (Å²) in [5.41, 5.74) is 0. The van der Waals surface area contributed by atoms with E-state index in [2.05, 4.69) is 0 Å². The molecule has 0 atom stereocenters. The molecule has 0 aromatic heterocycles. The highest BCUT2D eigenvalue weighted by Crippen LogP contribution is 2.20. The Labute approximate surface area is 98.6 Å². The van der Waals surface area contributed by atoms with Gasteiger partial charge in [-0.2, -0.15) is 0 Å². The second kappa shape index (κ2) is 5.32. The standard InChI is InChI=1S/C10H11ClO4S/c1-2-4-10(12)15-8-5-3-6-9(7-8)16(11,13)14/h3,5-7H,2,4H2,1H3. The first-order chi connectivity index (χ1) is 7.43. The maximum Gasteiger partial charge on any atom is 0.311 e. The lowest BCUT2D eigenvalue weighted by Gasteiger charge is -2.04. The van der Waals surface area contributed by atoms with Crippen LogP contribution < -0.4 is 4.74 Å². The molecular weight excluding hydrogens is 252 g/mol. The van der Waals surface area contributed by atoms with Gasteiger partial charge >= 0.3 is 5.97 Å². The van der Waals surface area contributed by atoms with Gasteiger partial charge in [-0.05, 0) is 18.6 Å². The van der Waals surface area contributed by atoms with Crippen LogP contribution in [0.25, 0.3) is 0 Å². The summed E-state index contributed by atoms with van der Waals surface area (Å²) in [5, 5.41) is 0. The highest BCUT2D eigenvalue weighted by molar-refractivity contribution is 8.13. The fourth-order valence-electron chi connectivity index (χ4n) is 1.08. The van der Waals surface area contributed by atoms with Crippen molar-refractivity contribution in [3.63, 3.8) is 0 Å². The van der Waals surface area contributed by atoms with Gasteiger partial charge in [-0.1, -0.05) is 13.0 Å².